The molecule has 0 saturated carbocycles. The molecule has 0 aromatic carbocycles. The van der Waals surface area contributed by atoms with E-state index in [1.165, 1.54) is 0 Å². The number of carbonyl (C=O) groups excluding carboxylic acids is 1. The fraction of sp³-hybridized carbons (Fsp3) is 0.471. The molecule has 0 saturated heterocycles. The van der Waals surface area contributed by atoms with Crippen LogP contribution >= 0.6 is 11.6 Å². The van der Waals surface area contributed by atoms with Gasteiger partial charge < -0.3 is 5.32 Å². The molecule has 2 heterocycles. The lowest BCUT2D eigenvalue weighted by atomic mass is 10.2. The summed E-state index contributed by atoms with van der Waals surface area (Å²) >= 11 is 6.12. The van der Waals surface area contributed by atoms with Gasteiger partial charge in [0.1, 0.15) is 0 Å². The number of aryl methyl sites for hydroxylation is 3. The third-order valence-corrected chi connectivity index (χ3v) is 4.54. The molecule has 0 spiro atoms. The highest BCUT2D eigenvalue weighted by Gasteiger charge is 2.08. The van der Waals surface area contributed by atoms with E-state index in [2.05, 4.69) is 15.5 Å². The molecule has 2 rings (SSSR count). The van der Waals surface area contributed by atoms with Crippen molar-refractivity contribution in [3.8, 4) is 0 Å². The van der Waals surface area contributed by atoms with Crippen LogP contribution in [-0.4, -0.2) is 32.0 Å². The second-order valence-electron chi connectivity index (χ2n) is 5.69. The minimum atomic E-state index is -0.106. The second-order valence-corrected chi connectivity index (χ2v) is 6.06. The predicted octanol–water partition coefficient (Wildman–Crippen LogP) is 2.90. The molecule has 0 unspecified atom stereocenters. The third kappa shape index (κ3) is 4.26. The number of amides is 1. The van der Waals surface area contributed by atoms with Crippen molar-refractivity contribution in [2.24, 2.45) is 0 Å². The van der Waals surface area contributed by atoms with E-state index in [9.17, 15) is 4.79 Å². The quantitative estimate of drug-likeness (QED) is 0.617. The summed E-state index contributed by atoms with van der Waals surface area (Å²) in [5.41, 5.74) is 3.82. The van der Waals surface area contributed by atoms with E-state index in [0.29, 0.717) is 11.6 Å². The van der Waals surface area contributed by atoms with Crippen LogP contribution in [-0.2, 0) is 17.9 Å². The summed E-state index contributed by atoms with van der Waals surface area (Å²) in [6, 6.07) is 0. The van der Waals surface area contributed by atoms with Gasteiger partial charge in [-0.3, -0.25) is 14.2 Å². The van der Waals surface area contributed by atoms with E-state index in [1.54, 1.807) is 18.3 Å². The standard InChI is InChI=1S/C17H24ClN5O/c1-5-22-13(3)15(11-20-22)7-8-16(24)19-9-6-10-23-14(4)17(18)12(2)21-23/h7-8,11H,5-6,9-10H2,1-4H3,(H,19,24)/b8-7+. The van der Waals surface area contributed by atoms with Crippen LogP contribution in [0, 0.1) is 20.8 Å². The van der Waals surface area contributed by atoms with Crippen LogP contribution < -0.4 is 5.32 Å². The van der Waals surface area contributed by atoms with Crippen LogP contribution in [0.15, 0.2) is 12.3 Å². The Morgan fingerprint density at radius 1 is 1.29 bits per heavy atom. The summed E-state index contributed by atoms with van der Waals surface area (Å²) in [5.74, 6) is -0.106. The van der Waals surface area contributed by atoms with Crippen LogP contribution in [0.2, 0.25) is 5.02 Å². The van der Waals surface area contributed by atoms with Crippen molar-refractivity contribution in [2.75, 3.05) is 6.54 Å². The third-order valence-electron chi connectivity index (χ3n) is 3.99. The number of rotatable bonds is 7. The Balaban J connectivity index is 1.78. The van der Waals surface area contributed by atoms with E-state index in [4.69, 9.17) is 11.6 Å². The lowest BCUT2D eigenvalue weighted by molar-refractivity contribution is -0.116. The number of aromatic nitrogens is 4. The van der Waals surface area contributed by atoms with Crippen molar-refractivity contribution in [2.45, 2.75) is 47.2 Å². The normalized spacial score (nSPS) is 11.4. The molecular formula is C17H24ClN5O. The van der Waals surface area contributed by atoms with Gasteiger partial charge in [0.15, 0.2) is 0 Å². The van der Waals surface area contributed by atoms with Gasteiger partial charge in [0.2, 0.25) is 5.91 Å². The van der Waals surface area contributed by atoms with Gasteiger partial charge in [-0.15, -0.1) is 0 Å². The SMILES string of the molecule is CCn1ncc(/C=C/C(=O)NCCCn2nc(C)c(Cl)c2C)c1C. The lowest BCUT2D eigenvalue weighted by Crippen LogP contribution is -2.23. The zero-order chi connectivity index (χ0) is 17.7. The second kappa shape index (κ2) is 8.15. The highest BCUT2D eigenvalue weighted by atomic mass is 35.5. The zero-order valence-corrected chi connectivity index (χ0v) is 15.4. The first-order valence-electron chi connectivity index (χ1n) is 8.11. The number of nitrogens with one attached hydrogen (secondary N) is 1. The van der Waals surface area contributed by atoms with E-state index in [-0.39, 0.29) is 5.91 Å². The van der Waals surface area contributed by atoms with Crippen LogP contribution in [0.5, 0.6) is 0 Å². The lowest BCUT2D eigenvalue weighted by Gasteiger charge is -2.05. The Morgan fingerprint density at radius 3 is 2.62 bits per heavy atom. The molecule has 7 heteroatoms. The molecule has 1 N–H and O–H groups in total. The summed E-state index contributed by atoms with van der Waals surface area (Å²) in [5, 5.41) is 12.2. The maximum absolute atomic E-state index is 11.9. The minimum absolute atomic E-state index is 0.106. The van der Waals surface area contributed by atoms with E-state index in [0.717, 1.165) is 42.2 Å². The molecule has 0 atom stereocenters. The van der Waals surface area contributed by atoms with E-state index in [1.807, 2.05) is 37.1 Å². The Morgan fingerprint density at radius 2 is 2.04 bits per heavy atom. The Kier molecular flexibility index (Phi) is 6.20. The number of hydrogen-bond acceptors (Lipinski definition) is 3. The van der Waals surface area contributed by atoms with Gasteiger partial charge in [0.05, 0.1) is 22.6 Å². The summed E-state index contributed by atoms with van der Waals surface area (Å²) < 4.78 is 3.78. The molecule has 2 aromatic rings. The molecule has 2 aromatic heterocycles. The molecule has 24 heavy (non-hydrogen) atoms. The van der Waals surface area contributed by atoms with Crippen LogP contribution in [0.4, 0.5) is 0 Å². The molecule has 6 nitrogen and oxygen atoms in total. The highest BCUT2D eigenvalue weighted by molar-refractivity contribution is 6.31. The van der Waals surface area contributed by atoms with Gasteiger partial charge in [-0.25, -0.2) is 0 Å². The van der Waals surface area contributed by atoms with Gasteiger partial charge in [0, 0.05) is 37.0 Å². The Bertz CT molecular complexity index is 744. The number of halogens is 1. The molecule has 0 aliphatic carbocycles. The van der Waals surface area contributed by atoms with Crippen molar-refractivity contribution in [3.63, 3.8) is 0 Å². The minimum Gasteiger partial charge on any atom is -0.352 e. The predicted molar refractivity (Wildman–Crippen MR) is 96.0 cm³/mol. The summed E-state index contributed by atoms with van der Waals surface area (Å²) in [6.07, 6.45) is 5.91. The number of carbonyl (C=O) groups is 1. The van der Waals surface area contributed by atoms with Gasteiger partial charge in [-0.2, -0.15) is 10.2 Å². The van der Waals surface area contributed by atoms with Crippen molar-refractivity contribution in [1.82, 2.24) is 24.9 Å². The largest absolute Gasteiger partial charge is 0.352 e. The average Bonchev–Trinajstić information content (AvgIpc) is 3.04. The van der Waals surface area contributed by atoms with Crippen LogP contribution in [0.1, 0.15) is 36.0 Å². The van der Waals surface area contributed by atoms with Gasteiger partial charge in [-0.05, 0) is 40.2 Å². The van der Waals surface area contributed by atoms with E-state index < -0.39 is 0 Å². The molecule has 0 bridgehead atoms. The van der Waals surface area contributed by atoms with Crippen LogP contribution in [0.25, 0.3) is 6.08 Å². The number of nitrogens with zero attached hydrogens (tertiary/aromatic N) is 4. The smallest absolute Gasteiger partial charge is 0.244 e. The molecule has 0 aliphatic rings. The maximum Gasteiger partial charge on any atom is 0.244 e. The van der Waals surface area contributed by atoms with Crippen molar-refractivity contribution >= 4 is 23.6 Å². The molecule has 0 fully saturated rings. The summed E-state index contributed by atoms with van der Waals surface area (Å²) in [7, 11) is 0. The van der Waals surface area contributed by atoms with Crippen LogP contribution in [0.3, 0.4) is 0 Å². The Labute approximate surface area is 147 Å². The first-order valence-corrected chi connectivity index (χ1v) is 8.49. The Hall–Kier alpha value is -2.08. The molecule has 0 aliphatic heterocycles. The molecule has 1 amide bonds. The highest BCUT2D eigenvalue weighted by Crippen LogP contribution is 2.18. The summed E-state index contributed by atoms with van der Waals surface area (Å²) in [6.45, 7) is 10.0. The van der Waals surface area contributed by atoms with Crippen molar-refractivity contribution in [1.29, 1.82) is 0 Å². The fourth-order valence-electron chi connectivity index (χ4n) is 2.50. The monoisotopic (exact) mass is 349 g/mol. The zero-order valence-electron chi connectivity index (χ0n) is 14.6. The molecule has 0 radical (unpaired) electrons. The van der Waals surface area contributed by atoms with Crippen molar-refractivity contribution in [3.05, 3.63) is 39.9 Å². The topological polar surface area (TPSA) is 64.7 Å². The number of hydrogen-bond donors (Lipinski definition) is 1. The van der Waals surface area contributed by atoms with Gasteiger partial charge >= 0.3 is 0 Å². The van der Waals surface area contributed by atoms with Crippen molar-refractivity contribution < 1.29 is 4.79 Å². The first-order chi connectivity index (χ1) is 11.4. The average molecular weight is 350 g/mol. The van der Waals surface area contributed by atoms with Gasteiger partial charge in [0.25, 0.3) is 0 Å². The molecular weight excluding hydrogens is 326 g/mol. The maximum atomic E-state index is 11.9. The summed E-state index contributed by atoms with van der Waals surface area (Å²) in [4.78, 5) is 11.9. The molecule has 130 valence electrons. The van der Waals surface area contributed by atoms with Gasteiger partial charge in [-0.1, -0.05) is 11.6 Å². The fourth-order valence-corrected chi connectivity index (χ4v) is 2.64. The first kappa shape index (κ1) is 18.3. The van der Waals surface area contributed by atoms with E-state index >= 15 is 0 Å².